The predicted octanol–water partition coefficient (Wildman–Crippen LogP) is 3.85. The average Bonchev–Trinajstić information content (AvgIpc) is 2.57. The van der Waals surface area contributed by atoms with Gasteiger partial charge in [-0.2, -0.15) is 0 Å². The summed E-state index contributed by atoms with van der Waals surface area (Å²) in [4.78, 5) is 12.1. The van der Waals surface area contributed by atoms with Gasteiger partial charge in [-0.3, -0.25) is 0 Å². The second kappa shape index (κ2) is 6.94. The van der Waals surface area contributed by atoms with Crippen LogP contribution in [0.4, 0.5) is 0 Å². The van der Waals surface area contributed by atoms with Gasteiger partial charge in [-0.1, -0.05) is 48.5 Å². The molecule has 0 bridgehead atoms. The molecule has 22 heavy (non-hydrogen) atoms. The van der Waals surface area contributed by atoms with E-state index in [-0.39, 0.29) is 12.1 Å². The first-order valence-corrected chi connectivity index (χ1v) is 7.46. The molecule has 0 aliphatic carbocycles. The van der Waals surface area contributed by atoms with Crippen molar-refractivity contribution in [1.29, 1.82) is 0 Å². The fourth-order valence-corrected chi connectivity index (χ4v) is 2.41. The van der Waals surface area contributed by atoms with Crippen molar-refractivity contribution >= 4 is 12.0 Å². The van der Waals surface area contributed by atoms with Crippen LogP contribution in [0.5, 0.6) is 5.75 Å². The van der Waals surface area contributed by atoms with Gasteiger partial charge in [0.1, 0.15) is 18.5 Å². The molecule has 0 radical (unpaired) electrons. The Bertz CT molecular complexity index is 647. The number of ether oxygens (including phenoxy) is 2. The maximum atomic E-state index is 12.1. The van der Waals surface area contributed by atoms with Crippen LogP contribution in [0, 0.1) is 0 Å². The Labute approximate surface area is 130 Å². The van der Waals surface area contributed by atoms with Gasteiger partial charge in [-0.15, -0.1) is 0 Å². The van der Waals surface area contributed by atoms with Gasteiger partial charge >= 0.3 is 5.97 Å². The molecule has 3 rings (SSSR count). The highest BCUT2D eigenvalue weighted by molar-refractivity contribution is 5.94. The van der Waals surface area contributed by atoms with Crippen LogP contribution < -0.4 is 4.74 Å². The number of esters is 1. The molecule has 1 atom stereocenters. The quantitative estimate of drug-likeness (QED) is 0.634. The molecule has 1 aliphatic rings. The molecule has 1 saturated heterocycles. The molecule has 3 heteroatoms. The Hall–Kier alpha value is -2.55. The van der Waals surface area contributed by atoms with Crippen molar-refractivity contribution in [1.82, 2.24) is 0 Å². The van der Waals surface area contributed by atoms with Crippen molar-refractivity contribution < 1.29 is 14.3 Å². The number of para-hydroxylation sites is 1. The number of cyclic esters (lactones) is 1. The second-order valence-electron chi connectivity index (χ2n) is 5.27. The van der Waals surface area contributed by atoms with E-state index in [1.165, 1.54) is 0 Å². The number of rotatable bonds is 4. The van der Waals surface area contributed by atoms with Gasteiger partial charge in [0.25, 0.3) is 0 Å². The summed E-state index contributed by atoms with van der Waals surface area (Å²) in [7, 11) is 0. The van der Waals surface area contributed by atoms with Crippen molar-refractivity contribution in [2.24, 2.45) is 0 Å². The molecule has 0 amide bonds. The zero-order valence-electron chi connectivity index (χ0n) is 12.3. The summed E-state index contributed by atoms with van der Waals surface area (Å²) in [6, 6.07) is 19.4. The number of hydrogen-bond donors (Lipinski definition) is 0. The topological polar surface area (TPSA) is 35.5 Å². The number of hydrogen-bond acceptors (Lipinski definition) is 3. The number of benzene rings is 2. The van der Waals surface area contributed by atoms with Crippen molar-refractivity contribution in [2.75, 3.05) is 6.61 Å². The van der Waals surface area contributed by atoms with Gasteiger partial charge in [-0.25, -0.2) is 4.79 Å². The van der Waals surface area contributed by atoms with Gasteiger partial charge in [0, 0.05) is 5.57 Å². The van der Waals surface area contributed by atoms with Gasteiger partial charge < -0.3 is 9.47 Å². The van der Waals surface area contributed by atoms with Crippen LogP contribution in [0.3, 0.4) is 0 Å². The number of carbonyl (C=O) groups excluding carboxylic acids is 1. The van der Waals surface area contributed by atoms with Crippen molar-refractivity contribution in [2.45, 2.75) is 18.9 Å². The third-order valence-corrected chi connectivity index (χ3v) is 3.59. The molecule has 112 valence electrons. The second-order valence-corrected chi connectivity index (χ2v) is 5.27. The number of carbonyl (C=O) groups is 1. The lowest BCUT2D eigenvalue weighted by molar-refractivity contribution is -0.149. The molecular formula is C19H18O3. The van der Waals surface area contributed by atoms with Gasteiger partial charge in [0.15, 0.2) is 0 Å². The molecule has 0 aromatic heterocycles. The van der Waals surface area contributed by atoms with Crippen LogP contribution in [-0.4, -0.2) is 18.7 Å². The molecule has 1 aliphatic heterocycles. The summed E-state index contributed by atoms with van der Waals surface area (Å²) < 4.78 is 11.1. The monoisotopic (exact) mass is 294 g/mol. The minimum atomic E-state index is -0.239. The highest BCUT2D eigenvalue weighted by Gasteiger charge is 2.25. The summed E-state index contributed by atoms with van der Waals surface area (Å²) in [6.45, 7) is 0.397. The van der Waals surface area contributed by atoms with Crippen molar-refractivity contribution in [3.05, 3.63) is 71.8 Å². The molecule has 0 spiro atoms. The molecular weight excluding hydrogens is 276 g/mol. The lowest BCUT2D eigenvalue weighted by Gasteiger charge is -2.24. The van der Waals surface area contributed by atoms with Crippen molar-refractivity contribution in [3.63, 3.8) is 0 Å². The Morgan fingerprint density at radius 3 is 2.41 bits per heavy atom. The molecule has 3 nitrogen and oxygen atoms in total. The highest BCUT2D eigenvalue weighted by Crippen LogP contribution is 2.23. The molecule has 0 N–H and O–H groups in total. The molecule has 0 unspecified atom stereocenters. The Kier molecular flexibility index (Phi) is 4.54. The molecule has 1 heterocycles. The highest BCUT2D eigenvalue weighted by atomic mass is 16.6. The lowest BCUT2D eigenvalue weighted by Crippen LogP contribution is -2.30. The average molecular weight is 294 g/mol. The van der Waals surface area contributed by atoms with E-state index in [9.17, 15) is 4.79 Å². The van der Waals surface area contributed by atoms with Crippen LogP contribution >= 0.6 is 0 Å². The summed E-state index contributed by atoms with van der Waals surface area (Å²) in [6.07, 6.45) is 3.23. The van der Waals surface area contributed by atoms with E-state index < -0.39 is 0 Å². The van der Waals surface area contributed by atoms with Crippen LogP contribution in [0.1, 0.15) is 18.4 Å². The fourth-order valence-electron chi connectivity index (χ4n) is 2.41. The Morgan fingerprint density at radius 1 is 1.05 bits per heavy atom. The van der Waals surface area contributed by atoms with E-state index in [1.54, 1.807) is 0 Å². The van der Waals surface area contributed by atoms with Crippen LogP contribution in [0.2, 0.25) is 0 Å². The summed E-state index contributed by atoms with van der Waals surface area (Å²) in [5.74, 6) is 0.556. The van der Waals surface area contributed by atoms with E-state index >= 15 is 0 Å². The largest absolute Gasteiger partial charge is 0.490 e. The Morgan fingerprint density at radius 2 is 1.73 bits per heavy atom. The molecule has 2 aromatic carbocycles. The van der Waals surface area contributed by atoms with Crippen LogP contribution in [-0.2, 0) is 9.53 Å². The van der Waals surface area contributed by atoms with E-state index in [0.29, 0.717) is 6.61 Å². The first kappa shape index (κ1) is 14.4. The van der Waals surface area contributed by atoms with E-state index in [4.69, 9.17) is 9.47 Å². The minimum Gasteiger partial charge on any atom is -0.490 e. The third-order valence-electron chi connectivity index (χ3n) is 3.59. The summed E-state index contributed by atoms with van der Waals surface area (Å²) >= 11 is 0. The fraction of sp³-hybridized carbons (Fsp3) is 0.211. The Balaban J connectivity index is 1.56. The minimum absolute atomic E-state index is 0.180. The van der Waals surface area contributed by atoms with Gasteiger partial charge in [0.2, 0.25) is 0 Å². The molecule has 2 aromatic rings. The maximum absolute atomic E-state index is 12.1. The molecule has 0 saturated carbocycles. The maximum Gasteiger partial charge on any atom is 0.334 e. The van der Waals surface area contributed by atoms with E-state index in [2.05, 4.69) is 0 Å². The molecule has 1 fully saturated rings. The van der Waals surface area contributed by atoms with E-state index in [0.717, 1.165) is 29.7 Å². The van der Waals surface area contributed by atoms with Crippen LogP contribution in [0.25, 0.3) is 6.08 Å². The lowest BCUT2D eigenvalue weighted by atomic mass is 10.0. The first-order valence-electron chi connectivity index (χ1n) is 7.46. The van der Waals surface area contributed by atoms with Gasteiger partial charge in [0.05, 0.1) is 0 Å². The van der Waals surface area contributed by atoms with Gasteiger partial charge in [-0.05, 0) is 36.6 Å². The predicted molar refractivity (Wildman–Crippen MR) is 85.5 cm³/mol. The smallest absolute Gasteiger partial charge is 0.334 e. The first-order chi connectivity index (χ1) is 10.8. The van der Waals surface area contributed by atoms with Crippen LogP contribution in [0.15, 0.2) is 66.2 Å². The summed E-state index contributed by atoms with van der Waals surface area (Å²) in [5.41, 5.74) is 1.75. The normalized spacial score (nSPS) is 19.7. The van der Waals surface area contributed by atoms with Crippen molar-refractivity contribution in [3.8, 4) is 5.75 Å². The van der Waals surface area contributed by atoms with E-state index in [1.807, 2.05) is 66.7 Å². The SMILES string of the molecule is O=C1O[C@H](COc2ccccc2)CC/C1=C/c1ccccc1. The standard InChI is InChI=1S/C19H18O3/c20-19-16(13-15-7-3-1-4-8-15)11-12-18(22-19)14-21-17-9-5-2-6-10-17/h1-10,13,18H,11-12,14H2/b16-13-/t18-/m0/s1. The summed E-state index contributed by atoms with van der Waals surface area (Å²) in [5, 5.41) is 0. The zero-order valence-corrected chi connectivity index (χ0v) is 12.3. The third kappa shape index (κ3) is 3.76. The zero-order chi connectivity index (χ0) is 15.2.